The van der Waals surface area contributed by atoms with Gasteiger partial charge in [-0.25, -0.2) is 9.50 Å². The Labute approximate surface area is 86.8 Å². The molecule has 0 aliphatic carbocycles. The number of imidazole rings is 1. The van der Waals surface area contributed by atoms with Gasteiger partial charge in [-0.3, -0.25) is 0 Å². The number of hydrogen-bond acceptors (Lipinski definition) is 4. The summed E-state index contributed by atoms with van der Waals surface area (Å²) in [6.07, 6.45) is 2.92. The van der Waals surface area contributed by atoms with E-state index in [0.717, 1.165) is 22.1 Å². The van der Waals surface area contributed by atoms with Gasteiger partial charge in [-0.1, -0.05) is 25.2 Å². The topological polar surface area (TPSA) is 56.2 Å². The Balaban J connectivity index is 2.30. The molecular weight excluding hydrogens is 196 g/mol. The van der Waals surface area contributed by atoms with E-state index in [2.05, 4.69) is 23.9 Å². The molecule has 0 aromatic carbocycles. The van der Waals surface area contributed by atoms with Crippen molar-refractivity contribution < 1.29 is 0 Å². The first-order chi connectivity index (χ1) is 6.69. The number of nitrogens with zero attached hydrogens (tertiary/aromatic N) is 3. The molecule has 0 saturated heterocycles. The fraction of sp³-hybridized carbons (Fsp3) is 0.556. The first kappa shape index (κ1) is 9.61. The number of rotatable bonds is 3. The third-order valence-electron chi connectivity index (χ3n) is 1.93. The van der Waals surface area contributed by atoms with Crippen LogP contribution in [0.5, 0.6) is 0 Å². The molecule has 0 unspecified atom stereocenters. The largest absolute Gasteiger partial charge is 0.325 e. The summed E-state index contributed by atoms with van der Waals surface area (Å²) in [6.45, 7) is 4.86. The first-order valence-electron chi connectivity index (χ1n) is 4.73. The molecule has 0 spiro atoms. The van der Waals surface area contributed by atoms with Crippen molar-refractivity contribution in [3.63, 3.8) is 0 Å². The van der Waals surface area contributed by atoms with Crippen LogP contribution in [0.4, 0.5) is 0 Å². The number of aromatic nitrogens is 3. The van der Waals surface area contributed by atoms with Crippen LogP contribution in [0.3, 0.4) is 0 Å². The van der Waals surface area contributed by atoms with E-state index in [9.17, 15) is 0 Å². The second-order valence-corrected chi connectivity index (χ2v) is 4.80. The Morgan fingerprint density at radius 3 is 2.93 bits per heavy atom. The van der Waals surface area contributed by atoms with Gasteiger partial charge in [-0.05, 0) is 5.92 Å². The van der Waals surface area contributed by atoms with Crippen LogP contribution in [0.15, 0.2) is 6.20 Å². The highest BCUT2D eigenvalue weighted by Gasteiger charge is 2.08. The van der Waals surface area contributed by atoms with Gasteiger partial charge in [-0.2, -0.15) is 5.10 Å². The summed E-state index contributed by atoms with van der Waals surface area (Å²) < 4.78 is 1.82. The van der Waals surface area contributed by atoms with Gasteiger partial charge in [0.25, 0.3) is 0 Å². The zero-order chi connectivity index (χ0) is 10.1. The van der Waals surface area contributed by atoms with E-state index >= 15 is 0 Å². The summed E-state index contributed by atoms with van der Waals surface area (Å²) in [5.41, 5.74) is 6.40. The lowest BCUT2D eigenvalue weighted by molar-refractivity contribution is 0.636. The van der Waals surface area contributed by atoms with E-state index in [1.165, 1.54) is 0 Å². The van der Waals surface area contributed by atoms with Crippen LogP contribution in [-0.2, 0) is 13.0 Å². The maximum Gasteiger partial charge on any atom is 0.212 e. The Kier molecular flexibility index (Phi) is 2.52. The van der Waals surface area contributed by atoms with E-state index < -0.39 is 0 Å². The van der Waals surface area contributed by atoms with Crippen molar-refractivity contribution in [3.05, 3.63) is 16.9 Å². The fourth-order valence-corrected chi connectivity index (χ4v) is 2.42. The Hall–Kier alpha value is -0.940. The average molecular weight is 210 g/mol. The van der Waals surface area contributed by atoms with Crippen molar-refractivity contribution in [2.24, 2.45) is 11.7 Å². The number of hydrogen-bond donors (Lipinski definition) is 1. The van der Waals surface area contributed by atoms with E-state index in [1.54, 1.807) is 11.3 Å². The molecule has 0 amide bonds. The molecule has 2 heterocycles. The Morgan fingerprint density at radius 1 is 1.57 bits per heavy atom. The van der Waals surface area contributed by atoms with Crippen molar-refractivity contribution in [1.29, 1.82) is 0 Å². The van der Waals surface area contributed by atoms with Crippen molar-refractivity contribution in [3.8, 4) is 0 Å². The van der Waals surface area contributed by atoms with Crippen LogP contribution in [0.25, 0.3) is 4.96 Å². The van der Waals surface area contributed by atoms with Crippen LogP contribution in [0.1, 0.15) is 24.5 Å². The molecule has 2 N–H and O–H groups in total. The molecule has 0 bridgehead atoms. The predicted molar refractivity (Wildman–Crippen MR) is 57.3 cm³/mol. The third-order valence-corrected chi connectivity index (χ3v) is 2.87. The molecule has 0 radical (unpaired) electrons. The lowest BCUT2D eigenvalue weighted by atomic mass is 10.1. The molecule has 2 aromatic rings. The van der Waals surface area contributed by atoms with E-state index in [0.29, 0.717) is 12.5 Å². The van der Waals surface area contributed by atoms with E-state index in [4.69, 9.17) is 5.73 Å². The molecule has 2 aromatic heterocycles. The van der Waals surface area contributed by atoms with Crippen molar-refractivity contribution >= 4 is 16.3 Å². The summed E-state index contributed by atoms with van der Waals surface area (Å²) >= 11 is 1.65. The maximum atomic E-state index is 5.49. The molecule has 2 rings (SSSR count). The van der Waals surface area contributed by atoms with Gasteiger partial charge in [0, 0.05) is 13.0 Å². The standard InChI is InChI=1S/C9H14N4S/c1-6(2)3-8-12-13-5-7(4-10)11-9(13)14-8/h5-6H,3-4,10H2,1-2H3. The minimum absolute atomic E-state index is 0.482. The number of nitrogens with two attached hydrogens (primary N) is 1. The summed E-state index contributed by atoms with van der Waals surface area (Å²) in [7, 11) is 0. The van der Waals surface area contributed by atoms with Crippen molar-refractivity contribution in [2.45, 2.75) is 26.8 Å². The second kappa shape index (κ2) is 3.67. The molecule has 0 aliphatic heterocycles. The van der Waals surface area contributed by atoms with Crippen LogP contribution in [-0.4, -0.2) is 14.6 Å². The van der Waals surface area contributed by atoms with E-state index in [1.807, 2.05) is 10.7 Å². The van der Waals surface area contributed by atoms with Crippen LogP contribution >= 0.6 is 11.3 Å². The second-order valence-electron chi connectivity index (χ2n) is 3.76. The first-order valence-corrected chi connectivity index (χ1v) is 5.54. The fourth-order valence-electron chi connectivity index (χ4n) is 1.32. The SMILES string of the molecule is CC(C)Cc1nn2cc(CN)nc2s1. The molecule has 0 saturated carbocycles. The molecule has 0 atom stereocenters. The summed E-state index contributed by atoms with van der Waals surface area (Å²) in [4.78, 5) is 5.30. The average Bonchev–Trinajstić information content (AvgIpc) is 2.59. The van der Waals surface area contributed by atoms with Gasteiger partial charge in [0.2, 0.25) is 4.96 Å². The van der Waals surface area contributed by atoms with Gasteiger partial charge >= 0.3 is 0 Å². The molecule has 4 nitrogen and oxygen atoms in total. The zero-order valence-electron chi connectivity index (χ0n) is 8.40. The lowest BCUT2D eigenvalue weighted by Gasteiger charge is -1.97. The van der Waals surface area contributed by atoms with Gasteiger partial charge < -0.3 is 5.73 Å². The van der Waals surface area contributed by atoms with Crippen molar-refractivity contribution in [1.82, 2.24) is 14.6 Å². The van der Waals surface area contributed by atoms with Crippen molar-refractivity contribution in [2.75, 3.05) is 0 Å². The zero-order valence-corrected chi connectivity index (χ0v) is 9.21. The van der Waals surface area contributed by atoms with Crippen LogP contribution in [0.2, 0.25) is 0 Å². The lowest BCUT2D eigenvalue weighted by Crippen LogP contribution is -1.96. The quantitative estimate of drug-likeness (QED) is 0.834. The Bertz CT molecular complexity index is 397. The van der Waals surface area contributed by atoms with Gasteiger partial charge in [0.15, 0.2) is 0 Å². The van der Waals surface area contributed by atoms with Gasteiger partial charge in [0.1, 0.15) is 5.01 Å². The summed E-state index contributed by atoms with van der Waals surface area (Å²) in [5, 5.41) is 5.58. The van der Waals surface area contributed by atoms with E-state index in [-0.39, 0.29) is 0 Å². The molecule has 0 aliphatic rings. The Morgan fingerprint density at radius 2 is 2.36 bits per heavy atom. The number of fused-ring (bicyclic) bond motifs is 1. The van der Waals surface area contributed by atoms with Crippen LogP contribution in [0, 0.1) is 5.92 Å². The highest BCUT2D eigenvalue weighted by Crippen LogP contribution is 2.17. The molecule has 14 heavy (non-hydrogen) atoms. The molecule has 76 valence electrons. The normalized spacial score (nSPS) is 11.7. The van der Waals surface area contributed by atoms with Crippen LogP contribution < -0.4 is 5.73 Å². The molecular formula is C9H14N4S. The highest BCUT2D eigenvalue weighted by molar-refractivity contribution is 7.16. The maximum absolute atomic E-state index is 5.49. The smallest absolute Gasteiger partial charge is 0.212 e. The minimum Gasteiger partial charge on any atom is -0.325 e. The molecule has 5 heteroatoms. The monoisotopic (exact) mass is 210 g/mol. The van der Waals surface area contributed by atoms with Gasteiger partial charge in [0.05, 0.1) is 11.9 Å². The molecule has 0 fully saturated rings. The predicted octanol–water partition coefficient (Wildman–Crippen LogP) is 1.45. The minimum atomic E-state index is 0.482. The summed E-state index contributed by atoms with van der Waals surface area (Å²) in [6, 6.07) is 0. The third kappa shape index (κ3) is 1.78. The van der Waals surface area contributed by atoms with Gasteiger partial charge in [-0.15, -0.1) is 0 Å². The summed E-state index contributed by atoms with van der Waals surface area (Å²) in [5.74, 6) is 0.639. The highest BCUT2D eigenvalue weighted by atomic mass is 32.1.